The Bertz CT molecular complexity index is 781. The number of nitrogens with one attached hydrogen (secondary N) is 2. The third-order valence-corrected chi connectivity index (χ3v) is 3.19. The van der Waals surface area contributed by atoms with Crippen molar-refractivity contribution in [2.24, 2.45) is 0 Å². The molecule has 3 rings (SSSR count). The Morgan fingerprint density at radius 3 is 2.96 bits per heavy atom. The number of nitrogens with zero attached hydrogens (tertiary/aromatic N) is 4. The van der Waals surface area contributed by atoms with Crippen molar-refractivity contribution in [3.05, 3.63) is 54.8 Å². The van der Waals surface area contributed by atoms with E-state index in [1.165, 1.54) is 12.6 Å². The van der Waals surface area contributed by atoms with Gasteiger partial charge in [-0.1, -0.05) is 0 Å². The van der Waals surface area contributed by atoms with Crippen LogP contribution in [-0.4, -0.2) is 38.5 Å². The van der Waals surface area contributed by atoms with Gasteiger partial charge in [0.2, 0.25) is 0 Å². The summed E-state index contributed by atoms with van der Waals surface area (Å²) in [5, 5.41) is 5.89. The van der Waals surface area contributed by atoms with Gasteiger partial charge in [-0.05, 0) is 19.1 Å². The summed E-state index contributed by atoms with van der Waals surface area (Å²) in [4.78, 5) is 24.2. The average Bonchev–Trinajstić information content (AvgIpc) is 3.23. The number of anilines is 1. The zero-order valence-electron chi connectivity index (χ0n) is 12.6. The molecule has 0 fully saturated rings. The topological polar surface area (TPSA) is 97.9 Å². The van der Waals surface area contributed by atoms with Gasteiger partial charge in [-0.25, -0.2) is 15.0 Å². The van der Waals surface area contributed by atoms with Gasteiger partial charge in [0.25, 0.3) is 5.91 Å². The van der Waals surface area contributed by atoms with Crippen molar-refractivity contribution in [2.45, 2.75) is 6.92 Å². The minimum Gasteiger partial charge on any atom is -0.459 e. The largest absolute Gasteiger partial charge is 0.459 e. The second-order valence-electron chi connectivity index (χ2n) is 4.77. The lowest BCUT2D eigenvalue weighted by Gasteiger charge is -2.08. The van der Waals surface area contributed by atoms with Crippen LogP contribution in [0.5, 0.6) is 0 Å². The lowest BCUT2D eigenvalue weighted by Crippen LogP contribution is -2.28. The second-order valence-corrected chi connectivity index (χ2v) is 4.77. The van der Waals surface area contributed by atoms with Crippen LogP contribution in [0.3, 0.4) is 0 Å². The van der Waals surface area contributed by atoms with Gasteiger partial charge < -0.3 is 15.1 Å². The molecule has 0 bridgehead atoms. The van der Waals surface area contributed by atoms with E-state index in [0.717, 1.165) is 11.6 Å². The van der Waals surface area contributed by atoms with Crippen molar-refractivity contribution >= 4 is 11.7 Å². The van der Waals surface area contributed by atoms with Crippen LogP contribution in [0, 0.1) is 6.92 Å². The summed E-state index contributed by atoms with van der Waals surface area (Å²) in [6.07, 6.45) is 6.51. The van der Waals surface area contributed by atoms with Crippen molar-refractivity contribution in [1.82, 2.24) is 24.8 Å². The van der Waals surface area contributed by atoms with Gasteiger partial charge in [0.1, 0.15) is 23.8 Å². The molecule has 3 heterocycles. The number of hydrogen-bond donors (Lipinski definition) is 2. The Hall–Kier alpha value is -3.16. The van der Waals surface area contributed by atoms with Crippen LogP contribution in [0.1, 0.15) is 16.4 Å². The molecule has 1 amide bonds. The fraction of sp³-hybridized carbons (Fsp3) is 0.200. The molecule has 8 heteroatoms. The van der Waals surface area contributed by atoms with Gasteiger partial charge in [0.15, 0.2) is 5.76 Å². The molecule has 0 aliphatic heterocycles. The third-order valence-electron chi connectivity index (χ3n) is 3.19. The molecule has 0 saturated carbocycles. The Balaban J connectivity index is 1.53. The number of carbonyl (C=O) groups excluding carboxylic acids is 1. The normalized spacial score (nSPS) is 10.5. The van der Waals surface area contributed by atoms with Crippen LogP contribution in [0.4, 0.5) is 5.82 Å². The molecule has 0 saturated heterocycles. The average molecular weight is 312 g/mol. The summed E-state index contributed by atoms with van der Waals surface area (Å²) in [6, 6.07) is 5.11. The van der Waals surface area contributed by atoms with Crippen LogP contribution >= 0.6 is 0 Å². The number of furan rings is 1. The summed E-state index contributed by atoms with van der Waals surface area (Å²) in [7, 11) is 0. The molecule has 0 aromatic carbocycles. The molecule has 0 aliphatic rings. The highest BCUT2D eigenvalue weighted by Crippen LogP contribution is 2.10. The first-order valence-corrected chi connectivity index (χ1v) is 7.12. The van der Waals surface area contributed by atoms with Crippen molar-refractivity contribution in [2.75, 3.05) is 18.4 Å². The van der Waals surface area contributed by atoms with E-state index in [2.05, 4.69) is 25.6 Å². The maximum atomic E-state index is 11.7. The SMILES string of the molecule is Cc1nccn1-c1cc(NCCNC(=O)c2ccco2)ncn1. The van der Waals surface area contributed by atoms with Crippen LogP contribution in [0.2, 0.25) is 0 Å². The highest BCUT2D eigenvalue weighted by Gasteiger charge is 2.07. The van der Waals surface area contributed by atoms with Crippen LogP contribution in [-0.2, 0) is 0 Å². The van der Waals surface area contributed by atoms with Crippen molar-refractivity contribution < 1.29 is 9.21 Å². The Morgan fingerprint density at radius 1 is 1.30 bits per heavy atom. The number of carbonyl (C=O) groups is 1. The summed E-state index contributed by atoms with van der Waals surface area (Å²) in [5.74, 6) is 2.31. The van der Waals surface area contributed by atoms with Gasteiger partial charge in [0.05, 0.1) is 6.26 Å². The molecule has 2 N–H and O–H groups in total. The van der Waals surface area contributed by atoms with Gasteiger partial charge in [0, 0.05) is 31.5 Å². The van der Waals surface area contributed by atoms with Crippen molar-refractivity contribution in [3.63, 3.8) is 0 Å². The minimum atomic E-state index is -0.241. The Labute approximate surface area is 132 Å². The lowest BCUT2D eigenvalue weighted by molar-refractivity contribution is 0.0927. The zero-order valence-corrected chi connectivity index (χ0v) is 12.6. The van der Waals surface area contributed by atoms with Crippen LogP contribution in [0.25, 0.3) is 5.82 Å². The van der Waals surface area contributed by atoms with E-state index < -0.39 is 0 Å². The predicted molar refractivity (Wildman–Crippen MR) is 83.4 cm³/mol. The molecular formula is C15H16N6O2. The predicted octanol–water partition coefficient (Wildman–Crippen LogP) is 1.41. The smallest absolute Gasteiger partial charge is 0.287 e. The molecule has 118 valence electrons. The Morgan fingerprint density at radius 2 is 2.22 bits per heavy atom. The highest BCUT2D eigenvalue weighted by atomic mass is 16.3. The number of aromatic nitrogens is 4. The van der Waals surface area contributed by atoms with Gasteiger partial charge in [-0.15, -0.1) is 0 Å². The van der Waals surface area contributed by atoms with E-state index >= 15 is 0 Å². The maximum Gasteiger partial charge on any atom is 0.287 e. The lowest BCUT2D eigenvalue weighted by atomic mass is 10.4. The van der Waals surface area contributed by atoms with Gasteiger partial charge in [-0.3, -0.25) is 9.36 Å². The first kappa shape index (κ1) is 14.8. The number of imidazole rings is 1. The summed E-state index contributed by atoms with van der Waals surface area (Å²) < 4.78 is 6.88. The van der Waals surface area contributed by atoms with E-state index in [1.54, 1.807) is 18.3 Å². The highest BCUT2D eigenvalue weighted by molar-refractivity contribution is 5.91. The number of hydrogen-bond acceptors (Lipinski definition) is 6. The molecule has 23 heavy (non-hydrogen) atoms. The second kappa shape index (κ2) is 6.73. The van der Waals surface area contributed by atoms with Crippen LogP contribution in [0.15, 0.2) is 47.6 Å². The molecule has 0 radical (unpaired) electrons. The first-order chi connectivity index (χ1) is 11.2. The number of aryl methyl sites for hydroxylation is 1. The molecule has 0 unspecified atom stereocenters. The van der Waals surface area contributed by atoms with E-state index in [9.17, 15) is 4.79 Å². The number of rotatable bonds is 6. The quantitative estimate of drug-likeness (QED) is 0.668. The van der Waals surface area contributed by atoms with Crippen LogP contribution < -0.4 is 10.6 Å². The summed E-state index contributed by atoms with van der Waals surface area (Å²) in [6.45, 7) is 2.88. The van der Waals surface area contributed by atoms with Gasteiger partial charge >= 0.3 is 0 Å². The van der Waals surface area contributed by atoms with Gasteiger partial charge in [-0.2, -0.15) is 0 Å². The summed E-state index contributed by atoms with van der Waals surface area (Å²) >= 11 is 0. The summed E-state index contributed by atoms with van der Waals surface area (Å²) in [5.41, 5.74) is 0. The Kier molecular flexibility index (Phi) is 4.32. The standard InChI is InChI=1S/C15H16N6O2/c1-11-16-6-7-21(11)14-9-13(19-10-20-14)17-4-5-18-15(22)12-3-2-8-23-12/h2-3,6-10H,4-5H2,1H3,(H,18,22)(H,17,19,20). The maximum absolute atomic E-state index is 11.7. The molecule has 0 atom stereocenters. The fourth-order valence-electron chi connectivity index (χ4n) is 2.06. The van der Waals surface area contributed by atoms with E-state index in [-0.39, 0.29) is 5.91 Å². The first-order valence-electron chi connectivity index (χ1n) is 7.12. The number of amides is 1. The minimum absolute atomic E-state index is 0.241. The van der Waals surface area contributed by atoms with E-state index in [4.69, 9.17) is 4.42 Å². The zero-order chi connectivity index (χ0) is 16.1. The van der Waals surface area contributed by atoms with E-state index in [0.29, 0.717) is 24.7 Å². The monoisotopic (exact) mass is 312 g/mol. The molecule has 3 aromatic rings. The molecular weight excluding hydrogens is 296 g/mol. The van der Waals surface area contributed by atoms with Crippen molar-refractivity contribution in [3.8, 4) is 5.82 Å². The molecule has 8 nitrogen and oxygen atoms in total. The van der Waals surface area contributed by atoms with Crippen molar-refractivity contribution in [1.29, 1.82) is 0 Å². The fourth-order valence-corrected chi connectivity index (χ4v) is 2.06. The molecule has 3 aromatic heterocycles. The molecule has 0 aliphatic carbocycles. The van der Waals surface area contributed by atoms with E-state index in [1.807, 2.05) is 23.8 Å². The third kappa shape index (κ3) is 3.54. The molecule has 0 spiro atoms.